The number of anilines is 2. The van der Waals surface area contributed by atoms with Gasteiger partial charge in [0.05, 0.1) is 40.9 Å². The van der Waals surface area contributed by atoms with Gasteiger partial charge in [-0.15, -0.1) is 0 Å². The molecule has 1 fully saturated rings. The molecule has 0 spiro atoms. The highest BCUT2D eigenvalue weighted by molar-refractivity contribution is 7.92. The summed E-state index contributed by atoms with van der Waals surface area (Å²) in [4.78, 5) is 4.38. The number of benzene rings is 2. The first-order valence-electron chi connectivity index (χ1n) is 13.9. The number of nitrogens with one attached hydrogen (secondary N) is 2. The van der Waals surface area contributed by atoms with Gasteiger partial charge in [-0.2, -0.15) is 5.10 Å². The van der Waals surface area contributed by atoms with Crippen LogP contribution in [0.15, 0.2) is 59.6 Å². The molecular weight excluding hydrogens is 579 g/mol. The molecule has 0 radical (unpaired) electrons. The maximum atomic E-state index is 15.4. The molecule has 2 aliphatic rings. The molecule has 0 bridgehead atoms. The summed E-state index contributed by atoms with van der Waals surface area (Å²) in [5, 5.41) is 9.21. The molecule has 1 aliphatic heterocycles. The number of nitrogens with zero attached hydrogens (tertiary/aromatic N) is 3. The molecule has 0 amide bonds. The van der Waals surface area contributed by atoms with Crippen molar-refractivity contribution in [3.63, 3.8) is 0 Å². The summed E-state index contributed by atoms with van der Waals surface area (Å²) in [7, 11) is -4.11. The van der Waals surface area contributed by atoms with Crippen LogP contribution in [0.3, 0.4) is 0 Å². The number of fused-ring (bicyclic) bond motifs is 1. The Hall–Kier alpha value is -3.51. The first-order valence-corrected chi connectivity index (χ1v) is 15.8. The van der Waals surface area contributed by atoms with Gasteiger partial charge in [0.2, 0.25) is 0 Å². The quantitative estimate of drug-likeness (QED) is 0.231. The third kappa shape index (κ3) is 5.37. The highest BCUT2D eigenvalue weighted by atomic mass is 35.5. The Kier molecular flexibility index (Phi) is 7.69. The highest BCUT2D eigenvalue weighted by Crippen LogP contribution is 2.40. The topological polar surface area (TPSA) is 124 Å². The second-order valence-electron chi connectivity index (χ2n) is 11.0. The lowest BCUT2D eigenvalue weighted by Crippen LogP contribution is -2.50. The number of hydrogen-bond acceptors (Lipinski definition) is 7. The van der Waals surface area contributed by atoms with Crippen molar-refractivity contribution < 1.29 is 17.5 Å². The summed E-state index contributed by atoms with van der Waals surface area (Å²) in [5.41, 5.74) is 10.1. The number of rotatable bonds is 8. The van der Waals surface area contributed by atoms with Gasteiger partial charge >= 0.3 is 0 Å². The van der Waals surface area contributed by atoms with Crippen molar-refractivity contribution in [3.8, 4) is 11.3 Å². The minimum absolute atomic E-state index is 0.00873. The zero-order valence-electron chi connectivity index (χ0n) is 23.3. The first-order chi connectivity index (χ1) is 20.1. The molecular formula is C30H32ClFN6O3S. The molecule has 1 aliphatic carbocycles. The van der Waals surface area contributed by atoms with E-state index >= 15 is 4.39 Å². The van der Waals surface area contributed by atoms with Crippen molar-refractivity contribution in [2.24, 2.45) is 0 Å². The normalized spacial score (nSPS) is 17.8. The SMILES string of the molecule is CC(C)n1nc(-c2ccc(NS(=O)(=O)c3ccccc3Cl)c(F)c2)c2c(N)ncc(C3=CCC(NC4COC4)CC3)c21. The van der Waals surface area contributed by atoms with E-state index in [1.807, 2.05) is 18.5 Å². The van der Waals surface area contributed by atoms with E-state index in [0.717, 1.165) is 43.6 Å². The lowest BCUT2D eigenvalue weighted by atomic mass is 9.89. The number of sulfonamides is 1. The summed E-state index contributed by atoms with van der Waals surface area (Å²) < 4.78 is 50.7. The third-order valence-corrected chi connectivity index (χ3v) is 9.59. The average Bonchev–Trinajstić information content (AvgIpc) is 3.35. The lowest BCUT2D eigenvalue weighted by Gasteiger charge is -2.33. The van der Waals surface area contributed by atoms with E-state index in [9.17, 15) is 8.42 Å². The minimum atomic E-state index is -4.11. The van der Waals surface area contributed by atoms with Crippen molar-refractivity contribution >= 4 is 49.6 Å². The number of allylic oxidation sites excluding steroid dienone is 1. The molecule has 42 heavy (non-hydrogen) atoms. The molecule has 4 aromatic rings. The minimum Gasteiger partial charge on any atom is -0.383 e. The molecule has 1 unspecified atom stereocenters. The molecule has 4 N–H and O–H groups in total. The van der Waals surface area contributed by atoms with E-state index in [4.69, 9.17) is 27.2 Å². The number of nitrogens with two attached hydrogens (primary N) is 1. The van der Waals surface area contributed by atoms with Crippen molar-refractivity contribution in [2.75, 3.05) is 23.7 Å². The van der Waals surface area contributed by atoms with Gasteiger partial charge in [0.1, 0.15) is 22.2 Å². The zero-order chi connectivity index (χ0) is 29.6. The number of nitrogen functional groups attached to an aromatic ring is 1. The fraction of sp³-hybridized carbons (Fsp3) is 0.333. The molecule has 3 heterocycles. The van der Waals surface area contributed by atoms with Crippen molar-refractivity contribution in [3.05, 3.63) is 71.1 Å². The Morgan fingerprint density at radius 3 is 2.60 bits per heavy atom. The van der Waals surface area contributed by atoms with Crippen LogP contribution in [0.5, 0.6) is 0 Å². The van der Waals surface area contributed by atoms with Crippen LogP contribution in [-0.2, 0) is 14.8 Å². The van der Waals surface area contributed by atoms with Crippen molar-refractivity contribution in [2.45, 2.75) is 56.1 Å². The van der Waals surface area contributed by atoms with E-state index in [-0.39, 0.29) is 21.6 Å². The maximum Gasteiger partial charge on any atom is 0.263 e. The number of aromatic nitrogens is 3. The van der Waals surface area contributed by atoms with Gasteiger partial charge in [-0.05, 0) is 62.9 Å². The molecule has 1 atom stereocenters. The van der Waals surface area contributed by atoms with Gasteiger partial charge < -0.3 is 15.8 Å². The molecule has 1 saturated heterocycles. The van der Waals surface area contributed by atoms with E-state index in [2.05, 4.69) is 21.1 Å². The fourth-order valence-corrected chi connectivity index (χ4v) is 7.10. The summed E-state index contributed by atoms with van der Waals surface area (Å²) in [6.45, 7) is 5.58. The standard InChI is InChI=1S/C30H32ClFN6O3S/c1-17(2)38-29-22(18-7-10-20(11-8-18)35-21-15-41-16-21)14-34-30(33)27(29)28(36-38)19-9-12-25(24(32)13-19)37-42(39,40)26-6-4-3-5-23(26)31/h3-7,9,12-14,17,20-21,35,37H,8,10-11,15-16H2,1-2H3,(H2,33,34). The van der Waals surface area contributed by atoms with Gasteiger partial charge in [-0.1, -0.05) is 35.9 Å². The summed E-state index contributed by atoms with van der Waals surface area (Å²) in [6.07, 6.45) is 6.82. The van der Waals surface area contributed by atoms with Crippen LogP contribution >= 0.6 is 11.6 Å². The predicted octanol–water partition coefficient (Wildman–Crippen LogP) is 5.78. The Balaban J connectivity index is 1.36. The van der Waals surface area contributed by atoms with Crippen molar-refractivity contribution in [1.82, 2.24) is 20.1 Å². The highest BCUT2D eigenvalue weighted by Gasteiger charge is 2.27. The van der Waals surface area contributed by atoms with Crippen LogP contribution < -0.4 is 15.8 Å². The molecule has 0 saturated carbocycles. The van der Waals surface area contributed by atoms with Gasteiger partial charge in [0.15, 0.2) is 0 Å². The Labute approximate surface area is 249 Å². The van der Waals surface area contributed by atoms with Crippen LogP contribution in [-0.4, -0.2) is 48.5 Å². The first kappa shape index (κ1) is 28.6. The van der Waals surface area contributed by atoms with E-state index < -0.39 is 15.8 Å². The smallest absolute Gasteiger partial charge is 0.263 e. The van der Waals surface area contributed by atoms with Gasteiger partial charge in [-0.3, -0.25) is 9.40 Å². The number of halogens is 2. The fourth-order valence-electron chi connectivity index (χ4n) is 5.51. The maximum absolute atomic E-state index is 15.4. The monoisotopic (exact) mass is 610 g/mol. The molecule has 2 aromatic heterocycles. The third-order valence-electron chi connectivity index (χ3n) is 7.72. The van der Waals surface area contributed by atoms with Crippen LogP contribution in [0.25, 0.3) is 27.7 Å². The van der Waals surface area contributed by atoms with Crippen molar-refractivity contribution in [1.29, 1.82) is 0 Å². The summed E-state index contributed by atoms with van der Waals surface area (Å²) in [6, 6.07) is 11.1. The Morgan fingerprint density at radius 2 is 1.95 bits per heavy atom. The van der Waals surface area contributed by atoms with Crippen LogP contribution in [0, 0.1) is 5.82 Å². The van der Waals surface area contributed by atoms with E-state index in [0.29, 0.717) is 34.5 Å². The van der Waals surface area contributed by atoms with Gasteiger partial charge in [0.25, 0.3) is 10.0 Å². The molecule has 6 rings (SSSR count). The molecule has 12 heteroatoms. The molecule has 9 nitrogen and oxygen atoms in total. The van der Waals surface area contributed by atoms with Crippen LogP contribution in [0.2, 0.25) is 5.02 Å². The van der Waals surface area contributed by atoms with E-state index in [1.165, 1.54) is 29.8 Å². The van der Waals surface area contributed by atoms with Crippen LogP contribution in [0.1, 0.15) is 44.7 Å². The second kappa shape index (κ2) is 11.3. The zero-order valence-corrected chi connectivity index (χ0v) is 24.8. The second-order valence-corrected chi connectivity index (χ2v) is 13.1. The van der Waals surface area contributed by atoms with E-state index in [1.54, 1.807) is 24.4 Å². The number of pyridine rings is 1. The predicted molar refractivity (Wildman–Crippen MR) is 163 cm³/mol. The van der Waals surface area contributed by atoms with Crippen LogP contribution in [0.4, 0.5) is 15.9 Å². The van der Waals surface area contributed by atoms with Gasteiger partial charge in [0, 0.05) is 29.4 Å². The Bertz CT molecular complexity index is 1800. The lowest BCUT2D eigenvalue weighted by molar-refractivity contribution is -0.0103. The molecule has 2 aromatic carbocycles. The molecule has 220 valence electrons. The summed E-state index contributed by atoms with van der Waals surface area (Å²) >= 11 is 6.07. The average molecular weight is 611 g/mol. The summed E-state index contributed by atoms with van der Waals surface area (Å²) in [5.74, 6) is -0.469. The number of hydrogen-bond donors (Lipinski definition) is 3. The number of ether oxygens (including phenoxy) is 1. The Morgan fingerprint density at radius 1 is 1.17 bits per heavy atom. The largest absolute Gasteiger partial charge is 0.383 e. The van der Waals surface area contributed by atoms with Gasteiger partial charge in [-0.25, -0.2) is 17.8 Å².